The second kappa shape index (κ2) is 9.71. The van der Waals surface area contributed by atoms with Crippen molar-refractivity contribution in [3.8, 4) is 5.75 Å². The molecule has 0 aliphatic carbocycles. The Balaban J connectivity index is 2.15. The van der Waals surface area contributed by atoms with Crippen LogP contribution in [0.5, 0.6) is 5.75 Å². The average Bonchev–Trinajstić information content (AvgIpc) is 2.68. The molecule has 1 N–H and O–H groups in total. The van der Waals surface area contributed by atoms with Crippen molar-refractivity contribution in [2.45, 2.75) is 32.9 Å². The van der Waals surface area contributed by atoms with Crippen molar-refractivity contribution < 1.29 is 18.7 Å². The summed E-state index contributed by atoms with van der Waals surface area (Å²) >= 11 is 0. The van der Waals surface area contributed by atoms with Crippen molar-refractivity contribution in [1.29, 1.82) is 0 Å². The van der Waals surface area contributed by atoms with Gasteiger partial charge in [-0.3, -0.25) is 9.59 Å². The lowest BCUT2D eigenvalue weighted by molar-refractivity contribution is -0.142. The van der Waals surface area contributed by atoms with Crippen LogP contribution in [0.3, 0.4) is 0 Å². The van der Waals surface area contributed by atoms with Gasteiger partial charge >= 0.3 is 0 Å². The summed E-state index contributed by atoms with van der Waals surface area (Å²) in [5.74, 6) is -0.511. The van der Waals surface area contributed by atoms with Crippen molar-refractivity contribution >= 4 is 11.8 Å². The molecule has 0 saturated heterocycles. The first-order chi connectivity index (χ1) is 12.9. The first kappa shape index (κ1) is 20.4. The average molecular weight is 372 g/mol. The molecular weight excluding hydrogens is 347 g/mol. The number of benzene rings is 2. The predicted octanol–water partition coefficient (Wildman–Crippen LogP) is 3.07. The fraction of sp³-hybridized carbons (Fsp3) is 0.333. The molecule has 0 fully saturated rings. The highest BCUT2D eigenvalue weighted by Gasteiger charge is 2.28. The molecule has 2 aromatic rings. The molecule has 0 spiro atoms. The number of nitrogens with one attached hydrogen (secondary N) is 1. The number of halogens is 1. The summed E-state index contributed by atoms with van der Waals surface area (Å²) in [6, 6.07) is 12.7. The molecule has 5 nitrogen and oxygen atoms in total. The van der Waals surface area contributed by atoms with Gasteiger partial charge in [-0.15, -0.1) is 0 Å². The minimum absolute atomic E-state index is 0.222. The Labute approximate surface area is 159 Å². The third-order valence-corrected chi connectivity index (χ3v) is 4.28. The number of amides is 2. The van der Waals surface area contributed by atoms with Gasteiger partial charge in [0.2, 0.25) is 5.91 Å². The summed E-state index contributed by atoms with van der Waals surface area (Å²) in [5, 5.41) is 2.61. The van der Waals surface area contributed by atoms with E-state index in [0.717, 1.165) is 11.1 Å². The number of nitrogens with zero attached hydrogens (tertiary/aromatic N) is 1. The number of carbonyl (C=O) groups excluding carboxylic acids is 2. The van der Waals surface area contributed by atoms with Crippen LogP contribution in [0.4, 0.5) is 4.39 Å². The monoisotopic (exact) mass is 372 g/mol. The van der Waals surface area contributed by atoms with E-state index in [2.05, 4.69) is 5.32 Å². The Kier molecular flexibility index (Phi) is 7.34. The van der Waals surface area contributed by atoms with E-state index in [1.165, 1.54) is 29.2 Å². The molecule has 0 radical (unpaired) electrons. The fourth-order valence-electron chi connectivity index (χ4n) is 2.74. The minimum atomic E-state index is -0.597. The van der Waals surface area contributed by atoms with E-state index in [0.29, 0.717) is 18.7 Å². The van der Waals surface area contributed by atoms with Crippen molar-refractivity contribution in [2.24, 2.45) is 0 Å². The second-order valence-corrected chi connectivity index (χ2v) is 6.29. The zero-order valence-electron chi connectivity index (χ0n) is 15.9. The van der Waals surface area contributed by atoms with Gasteiger partial charge in [-0.25, -0.2) is 4.39 Å². The summed E-state index contributed by atoms with van der Waals surface area (Å²) in [7, 11) is 1.55. The van der Waals surface area contributed by atoms with E-state index in [1.807, 2.05) is 38.1 Å². The summed E-state index contributed by atoms with van der Waals surface area (Å²) in [6.45, 7) is 3.92. The predicted molar refractivity (Wildman–Crippen MR) is 102 cm³/mol. The van der Waals surface area contributed by atoms with Gasteiger partial charge in [-0.05, 0) is 43.2 Å². The van der Waals surface area contributed by atoms with Gasteiger partial charge in [0, 0.05) is 13.6 Å². The van der Waals surface area contributed by atoms with Crippen LogP contribution in [-0.4, -0.2) is 36.4 Å². The van der Waals surface area contributed by atoms with Gasteiger partial charge in [0.1, 0.15) is 17.6 Å². The van der Waals surface area contributed by atoms with E-state index in [4.69, 9.17) is 4.74 Å². The van der Waals surface area contributed by atoms with E-state index < -0.39 is 6.04 Å². The van der Waals surface area contributed by atoms with E-state index >= 15 is 0 Å². The van der Waals surface area contributed by atoms with Crippen LogP contribution in [0.25, 0.3) is 0 Å². The smallest absolute Gasteiger partial charge is 0.261 e. The molecule has 0 bridgehead atoms. The Morgan fingerprint density at radius 1 is 1.11 bits per heavy atom. The maximum atomic E-state index is 13.0. The molecule has 0 unspecified atom stereocenters. The van der Waals surface area contributed by atoms with E-state index in [-0.39, 0.29) is 24.2 Å². The lowest BCUT2D eigenvalue weighted by Gasteiger charge is -2.30. The quantitative estimate of drug-likeness (QED) is 0.775. The van der Waals surface area contributed by atoms with Crippen LogP contribution in [0, 0.1) is 12.7 Å². The summed E-state index contributed by atoms with van der Waals surface area (Å²) < 4.78 is 18.5. The number of hydrogen-bond donors (Lipinski definition) is 1. The lowest BCUT2D eigenvalue weighted by Crippen LogP contribution is -2.49. The van der Waals surface area contributed by atoms with Crippen LogP contribution in [0.2, 0.25) is 0 Å². The highest BCUT2D eigenvalue weighted by molar-refractivity contribution is 5.88. The van der Waals surface area contributed by atoms with Crippen molar-refractivity contribution in [3.63, 3.8) is 0 Å². The highest BCUT2D eigenvalue weighted by Crippen LogP contribution is 2.15. The van der Waals surface area contributed by atoms with Crippen LogP contribution < -0.4 is 10.1 Å². The number of hydrogen-bond acceptors (Lipinski definition) is 3. The topological polar surface area (TPSA) is 58.6 Å². The van der Waals surface area contributed by atoms with Gasteiger partial charge in [0.15, 0.2) is 6.61 Å². The molecule has 27 heavy (non-hydrogen) atoms. The van der Waals surface area contributed by atoms with E-state index in [9.17, 15) is 14.0 Å². The van der Waals surface area contributed by atoms with Crippen LogP contribution >= 0.6 is 0 Å². The van der Waals surface area contributed by atoms with Crippen LogP contribution in [0.1, 0.15) is 24.5 Å². The highest BCUT2D eigenvalue weighted by atomic mass is 19.1. The molecule has 2 aromatic carbocycles. The van der Waals surface area contributed by atoms with Gasteiger partial charge in [-0.2, -0.15) is 0 Å². The van der Waals surface area contributed by atoms with Gasteiger partial charge < -0.3 is 15.0 Å². The number of rotatable bonds is 8. The SMILES string of the molecule is CC[C@@H](C(=O)NC)N(Cc1ccc(C)cc1)C(=O)COc1ccc(F)cc1. The molecule has 2 rings (SSSR count). The Morgan fingerprint density at radius 2 is 1.74 bits per heavy atom. The largest absolute Gasteiger partial charge is 0.484 e. The first-order valence-electron chi connectivity index (χ1n) is 8.89. The molecule has 0 aliphatic rings. The number of aryl methyl sites for hydroxylation is 1. The molecule has 0 heterocycles. The summed E-state index contributed by atoms with van der Waals surface area (Å²) in [6.07, 6.45) is 0.480. The molecule has 1 atom stereocenters. The maximum Gasteiger partial charge on any atom is 0.261 e. The Hall–Kier alpha value is -2.89. The maximum absolute atomic E-state index is 13.0. The summed E-state index contributed by atoms with van der Waals surface area (Å²) in [5.41, 5.74) is 2.05. The molecule has 144 valence electrons. The third-order valence-electron chi connectivity index (χ3n) is 4.28. The third kappa shape index (κ3) is 5.81. The van der Waals surface area contributed by atoms with Gasteiger partial charge in [0.05, 0.1) is 0 Å². The number of ether oxygens (including phenoxy) is 1. The zero-order valence-corrected chi connectivity index (χ0v) is 15.9. The molecule has 0 aliphatic heterocycles. The Bertz CT molecular complexity index is 760. The molecule has 0 aromatic heterocycles. The second-order valence-electron chi connectivity index (χ2n) is 6.29. The standard InChI is InChI=1S/C21H25FN2O3/c1-4-19(21(26)23-3)24(13-16-7-5-15(2)6-8-16)20(25)14-27-18-11-9-17(22)10-12-18/h5-12,19H,4,13-14H2,1-3H3,(H,23,26)/t19-/m0/s1. The first-order valence-corrected chi connectivity index (χ1v) is 8.89. The molecular formula is C21H25FN2O3. The zero-order chi connectivity index (χ0) is 19.8. The van der Waals surface area contributed by atoms with Gasteiger partial charge in [-0.1, -0.05) is 36.8 Å². The lowest BCUT2D eigenvalue weighted by atomic mass is 10.1. The number of carbonyl (C=O) groups is 2. The molecule has 2 amide bonds. The fourth-order valence-corrected chi connectivity index (χ4v) is 2.74. The Morgan fingerprint density at radius 3 is 2.30 bits per heavy atom. The van der Waals surface area contributed by atoms with Crippen LogP contribution in [-0.2, 0) is 16.1 Å². The molecule has 0 saturated carbocycles. The minimum Gasteiger partial charge on any atom is -0.484 e. The molecule has 6 heteroatoms. The van der Waals surface area contributed by atoms with Gasteiger partial charge in [0.25, 0.3) is 5.91 Å². The summed E-state index contributed by atoms with van der Waals surface area (Å²) in [4.78, 5) is 26.6. The van der Waals surface area contributed by atoms with E-state index in [1.54, 1.807) is 7.05 Å². The van der Waals surface area contributed by atoms with Crippen molar-refractivity contribution in [2.75, 3.05) is 13.7 Å². The normalized spacial score (nSPS) is 11.6. The van der Waals surface area contributed by atoms with Crippen LogP contribution in [0.15, 0.2) is 48.5 Å². The van der Waals surface area contributed by atoms with Crippen molar-refractivity contribution in [1.82, 2.24) is 10.2 Å². The number of likely N-dealkylation sites (N-methyl/N-ethyl adjacent to an activating group) is 1. The van der Waals surface area contributed by atoms with Crippen molar-refractivity contribution in [3.05, 3.63) is 65.5 Å².